The molecule has 0 bridgehead atoms. The van der Waals surface area contributed by atoms with Gasteiger partial charge in [0.15, 0.2) is 0 Å². The molecule has 0 aliphatic carbocycles. The minimum Gasteiger partial charge on any atom is -0.497 e. The van der Waals surface area contributed by atoms with E-state index in [0.717, 1.165) is 48.7 Å². The summed E-state index contributed by atoms with van der Waals surface area (Å²) in [7, 11) is 1.68. The van der Waals surface area contributed by atoms with Crippen LogP contribution in [-0.4, -0.2) is 34.7 Å². The lowest BCUT2D eigenvalue weighted by atomic mass is 9.99. The zero-order chi connectivity index (χ0) is 17.9. The number of rotatable bonds is 5. The molecule has 0 saturated heterocycles. The Bertz CT molecular complexity index is 876. The normalized spacial score (nSPS) is 15.5. The molecule has 1 unspecified atom stereocenters. The van der Waals surface area contributed by atoms with E-state index < -0.39 is 0 Å². The Kier molecular flexibility index (Phi) is 4.71. The summed E-state index contributed by atoms with van der Waals surface area (Å²) in [4.78, 5) is 6.72. The minimum absolute atomic E-state index is 0.431. The third kappa shape index (κ3) is 3.35. The zero-order valence-electron chi connectivity index (χ0n) is 15.2. The van der Waals surface area contributed by atoms with Crippen molar-refractivity contribution >= 4 is 0 Å². The summed E-state index contributed by atoms with van der Waals surface area (Å²) < 4.78 is 11.0. The predicted molar refractivity (Wildman–Crippen MR) is 100 cm³/mol. The van der Waals surface area contributed by atoms with Gasteiger partial charge in [-0.1, -0.05) is 23.4 Å². The summed E-state index contributed by atoms with van der Waals surface area (Å²) in [5.41, 5.74) is 4.43. The quantitative estimate of drug-likeness (QED) is 0.702. The molecule has 0 N–H and O–H groups in total. The molecule has 1 aliphatic heterocycles. The van der Waals surface area contributed by atoms with Crippen LogP contribution in [0.15, 0.2) is 53.3 Å². The number of nitrogens with zero attached hydrogens (tertiary/aromatic N) is 3. The summed E-state index contributed by atoms with van der Waals surface area (Å²) in [6.07, 6.45) is 5.65. The molecule has 0 fully saturated rings. The number of methoxy groups -OCH3 is 1. The first kappa shape index (κ1) is 16.8. The van der Waals surface area contributed by atoms with E-state index >= 15 is 0 Å². The number of benzene rings is 1. The van der Waals surface area contributed by atoms with Crippen LogP contribution in [0.5, 0.6) is 5.75 Å². The van der Waals surface area contributed by atoms with E-state index in [4.69, 9.17) is 9.26 Å². The average Bonchev–Trinajstić information content (AvgIpc) is 3.12. The minimum atomic E-state index is 0.431. The standard InChI is InChI=1S/C21H23N3O2/c1-15(11-16-5-4-9-22-13-16)24-10-8-20-19(14-24)21(23-26-20)17-6-3-7-18(12-17)25-2/h3-7,9,12-13,15H,8,10-11,14H2,1-2H3. The fraction of sp³-hybridized carbons (Fsp3) is 0.333. The molecule has 4 rings (SSSR count). The van der Waals surface area contributed by atoms with Crippen LogP contribution < -0.4 is 4.74 Å². The van der Waals surface area contributed by atoms with Crippen molar-refractivity contribution in [3.63, 3.8) is 0 Å². The van der Waals surface area contributed by atoms with Gasteiger partial charge in [-0.15, -0.1) is 0 Å². The maximum absolute atomic E-state index is 5.63. The van der Waals surface area contributed by atoms with Crippen LogP contribution in [0.2, 0.25) is 0 Å². The monoisotopic (exact) mass is 349 g/mol. The Hall–Kier alpha value is -2.66. The molecule has 0 spiro atoms. The van der Waals surface area contributed by atoms with E-state index in [1.54, 1.807) is 7.11 Å². The van der Waals surface area contributed by atoms with Gasteiger partial charge < -0.3 is 9.26 Å². The highest BCUT2D eigenvalue weighted by atomic mass is 16.5. The summed E-state index contributed by atoms with van der Waals surface area (Å²) in [5.74, 6) is 1.84. The van der Waals surface area contributed by atoms with Crippen LogP contribution in [0.4, 0.5) is 0 Å². The highest BCUT2D eigenvalue weighted by Crippen LogP contribution is 2.32. The van der Waals surface area contributed by atoms with Crippen molar-refractivity contribution in [2.24, 2.45) is 0 Å². The van der Waals surface area contributed by atoms with Gasteiger partial charge in [0.25, 0.3) is 0 Å². The molecule has 1 aromatic carbocycles. The number of ether oxygens (including phenoxy) is 1. The third-order valence-corrected chi connectivity index (χ3v) is 5.08. The molecule has 0 amide bonds. The molecular weight excluding hydrogens is 326 g/mol. The van der Waals surface area contributed by atoms with E-state index in [-0.39, 0.29) is 0 Å². The first-order valence-corrected chi connectivity index (χ1v) is 8.99. The molecule has 0 saturated carbocycles. The van der Waals surface area contributed by atoms with Gasteiger partial charge >= 0.3 is 0 Å². The van der Waals surface area contributed by atoms with Crippen molar-refractivity contribution in [2.45, 2.75) is 32.4 Å². The number of fused-ring (bicyclic) bond motifs is 1. The molecule has 3 heterocycles. The Morgan fingerprint density at radius 2 is 2.19 bits per heavy atom. The van der Waals surface area contributed by atoms with Crippen molar-refractivity contribution in [1.29, 1.82) is 0 Å². The molecule has 1 aliphatic rings. The number of hydrogen-bond donors (Lipinski definition) is 0. The first-order valence-electron chi connectivity index (χ1n) is 8.99. The first-order chi connectivity index (χ1) is 12.7. The van der Waals surface area contributed by atoms with Crippen molar-refractivity contribution in [2.75, 3.05) is 13.7 Å². The van der Waals surface area contributed by atoms with Gasteiger partial charge in [-0.25, -0.2) is 0 Å². The fourth-order valence-corrected chi connectivity index (χ4v) is 3.59. The molecular formula is C21H23N3O2. The maximum atomic E-state index is 5.63. The molecule has 134 valence electrons. The van der Waals surface area contributed by atoms with Gasteiger partial charge in [0.05, 0.1) is 7.11 Å². The van der Waals surface area contributed by atoms with E-state index in [1.165, 1.54) is 11.1 Å². The van der Waals surface area contributed by atoms with Crippen molar-refractivity contribution < 1.29 is 9.26 Å². The average molecular weight is 349 g/mol. The maximum Gasteiger partial charge on any atom is 0.143 e. The SMILES string of the molecule is COc1cccc(-c2noc3c2CN(C(C)Cc2cccnc2)CC3)c1. The lowest BCUT2D eigenvalue weighted by Crippen LogP contribution is -2.38. The summed E-state index contributed by atoms with van der Waals surface area (Å²) in [5, 5.41) is 4.35. The van der Waals surface area contributed by atoms with Gasteiger partial charge in [-0.3, -0.25) is 9.88 Å². The van der Waals surface area contributed by atoms with Crippen LogP contribution in [-0.2, 0) is 19.4 Å². The summed E-state index contributed by atoms with van der Waals surface area (Å²) >= 11 is 0. The Morgan fingerprint density at radius 1 is 1.27 bits per heavy atom. The highest BCUT2D eigenvalue weighted by molar-refractivity contribution is 5.65. The van der Waals surface area contributed by atoms with Gasteiger partial charge in [-0.05, 0) is 37.1 Å². The Morgan fingerprint density at radius 3 is 3.00 bits per heavy atom. The number of hydrogen-bond acceptors (Lipinski definition) is 5. The Labute approximate surface area is 153 Å². The molecule has 0 radical (unpaired) electrons. The van der Waals surface area contributed by atoms with Gasteiger partial charge in [0.1, 0.15) is 17.2 Å². The second-order valence-corrected chi connectivity index (χ2v) is 6.80. The Balaban J connectivity index is 1.55. The van der Waals surface area contributed by atoms with Gasteiger partial charge in [0, 0.05) is 49.1 Å². The van der Waals surface area contributed by atoms with Crippen LogP contribution in [0.1, 0.15) is 23.8 Å². The van der Waals surface area contributed by atoms with Gasteiger partial charge in [0.2, 0.25) is 0 Å². The lowest BCUT2D eigenvalue weighted by Gasteiger charge is -2.32. The molecule has 5 nitrogen and oxygen atoms in total. The van der Waals surface area contributed by atoms with Gasteiger partial charge in [-0.2, -0.15) is 0 Å². The second-order valence-electron chi connectivity index (χ2n) is 6.80. The largest absolute Gasteiger partial charge is 0.497 e. The van der Waals surface area contributed by atoms with E-state index in [0.29, 0.717) is 6.04 Å². The number of aromatic nitrogens is 2. The van der Waals surface area contributed by atoms with Crippen LogP contribution in [0, 0.1) is 0 Å². The topological polar surface area (TPSA) is 51.4 Å². The third-order valence-electron chi connectivity index (χ3n) is 5.08. The summed E-state index contributed by atoms with van der Waals surface area (Å²) in [6, 6.07) is 12.6. The van der Waals surface area contributed by atoms with E-state index in [9.17, 15) is 0 Å². The second kappa shape index (κ2) is 7.30. The van der Waals surface area contributed by atoms with Crippen molar-refractivity contribution in [3.05, 3.63) is 65.7 Å². The molecule has 5 heteroatoms. The predicted octanol–water partition coefficient (Wildman–Crippen LogP) is 3.73. The van der Waals surface area contributed by atoms with Crippen LogP contribution in [0.3, 0.4) is 0 Å². The summed E-state index contributed by atoms with van der Waals surface area (Å²) in [6.45, 7) is 4.12. The van der Waals surface area contributed by atoms with Crippen LogP contribution >= 0.6 is 0 Å². The fourth-order valence-electron chi connectivity index (χ4n) is 3.59. The highest BCUT2D eigenvalue weighted by Gasteiger charge is 2.27. The molecule has 1 atom stereocenters. The number of pyridine rings is 1. The smallest absolute Gasteiger partial charge is 0.143 e. The zero-order valence-corrected chi connectivity index (χ0v) is 15.2. The van der Waals surface area contributed by atoms with Crippen molar-refractivity contribution in [1.82, 2.24) is 15.0 Å². The molecule has 3 aromatic rings. The van der Waals surface area contributed by atoms with Crippen LogP contribution in [0.25, 0.3) is 11.3 Å². The van der Waals surface area contributed by atoms with E-state index in [2.05, 4.69) is 34.1 Å². The van der Waals surface area contributed by atoms with Crippen molar-refractivity contribution in [3.8, 4) is 17.0 Å². The van der Waals surface area contributed by atoms with E-state index in [1.807, 2.05) is 36.7 Å². The molecule has 2 aromatic heterocycles. The lowest BCUT2D eigenvalue weighted by molar-refractivity contribution is 0.179. The molecule has 26 heavy (non-hydrogen) atoms.